The third kappa shape index (κ3) is 4.49. The number of carbonyl (C=O) groups excluding carboxylic acids is 1. The van der Waals surface area contributed by atoms with E-state index in [0.29, 0.717) is 23.6 Å². The van der Waals surface area contributed by atoms with Crippen LogP contribution < -0.4 is 10.5 Å². The fourth-order valence-corrected chi connectivity index (χ4v) is 2.07. The molecule has 0 saturated heterocycles. The molecule has 0 bridgehead atoms. The maximum atomic E-state index is 11.9. The minimum Gasteiger partial charge on any atom is -0.487 e. The van der Waals surface area contributed by atoms with Gasteiger partial charge in [0.05, 0.1) is 17.4 Å². The van der Waals surface area contributed by atoms with Gasteiger partial charge in [-0.3, -0.25) is 0 Å². The summed E-state index contributed by atoms with van der Waals surface area (Å²) in [5.74, 6) is 0.0876. The van der Waals surface area contributed by atoms with Crippen LogP contribution >= 0.6 is 15.9 Å². The number of hydrogen-bond acceptors (Lipinski definition) is 4. The first-order valence-electron chi connectivity index (χ1n) is 6.93. The van der Waals surface area contributed by atoms with Gasteiger partial charge >= 0.3 is 5.97 Å². The Balaban J connectivity index is 2.09. The molecule has 116 valence electrons. The molecule has 2 aromatic carbocycles. The highest BCUT2D eigenvalue weighted by atomic mass is 79.9. The third-order valence-corrected chi connectivity index (χ3v) is 3.43. The van der Waals surface area contributed by atoms with Gasteiger partial charge in [-0.2, -0.15) is 0 Å². The molecule has 0 spiro atoms. The second kappa shape index (κ2) is 7.31. The first-order chi connectivity index (χ1) is 10.5. The summed E-state index contributed by atoms with van der Waals surface area (Å²) in [6, 6.07) is 12.7. The molecule has 0 aliphatic rings. The summed E-state index contributed by atoms with van der Waals surface area (Å²) < 4.78 is 11.9. The number of nitrogens with two attached hydrogens (primary N) is 1. The quantitative estimate of drug-likeness (QED) is 0.639. The third-order valence-electron chi connectivity index (χ3n) is 2.90. The van der Waals surface area contributed by atoms with E-state index in [1.165, 1.54) is 0 Å². The minimum absolute atomic E-state index is 0.169. The van der Waals surface area contributed by atoms with E-state index in [9.17, 15) is 4.79 Å². The number of halogens is 1. The zero-order valence-electron chi connectivity index (χ0n) is 12.5. The number of esters is 1. The van der Waals surface area contributed by atoms with Crippen molar-refractivity contribution < 1.29 is 14.3 Å². The van der Waals surface area contributed by atoms with E-state index in [1.807, 2.05) is 24.3 Å². The molecular weight excluding hydrogens is 346 g/mol. The number of nitrogen functional groups attached to an aromatic ring is 1. The second-order valence-corrected chi connectivity index (χ2v) is 6.04. The summed E-state index contributed by atoms with van der Waals surface area (Å²) in [7, 11) is 0. The van der Waals surface area contributed by atoms with Crippen LogP contribution in [0, 0.1) is 0 Å². The van der Waals surface area contributed by atoms with E-state index in [1.54, 1.807) is 32.0 Å². The Bertz CT molecular complexity index is 653. The van der Waals surface area contributed by atoms with Gasteiger partial charge in [-0.15, -0.1) is 0 Å². The average molecular weight is 364 g/mol. The van der Waals surface area contributed by atoms with Gasteiger partial charge in [0, 0.05) is 4.47 Å². The molecule has 0 aliphatic carbocycles. The summed E-state index contributed by atoms with van der Waals surface area (Å²) in [4.78, 5) is 11.9. The highest BCUT2D eigenvalue weighted by molar-refractivity contribution is 9.10. The van der Waals surface area contributed by atoms with Crippen molar-refractivity contribution in [2.45, 2.75) is 26.6 Å². The summed E-state index contributed by atoms with van der Waals surface area (Å²) in [6.45, 7) is 3.99. The van der Waals surface area contributed by atoms with Crippen LogP contribution in [0.2, 0.25) is 0 Å². The molecule has 0 heterocycles. The standard InChI is InChI=1S/C17H18BrNO3/c1-11(2)22-17(20)13-5-8-15(19)16(9-13)21-10-12-3-6-14(18)7-4-12/h3-9,11H,10,19H2,1-2H3. The molecule has 0 aromatic heterocycles. The molecule has 5 heteroatoms. The summed E-state index contributed by atoms with van der Waals surface area (Å²) >= 11 is 3.39. The number of hydrogen-bond donors (Lipinski definition) is 1. The van der Waals surface area contributed by atoms with E-state index in [2.05, 4.69) is 15.9 Å². The van der Waals surface area contributed by atoms with E-state index in [0.717, 1.165) is 10.0 Å². The Hall–Kier alpha value is -2.01. The lowest BCUT2D eigenvalue weighted by Crippen LogP contribution is -2.12. The van der Waals surface area contributed by atoms with Crippen LogP contribution in [0.4, 0.5) is 5.69 Å². The topological polar surface area (TPSA) is 61.5 Å². The van der Waals surface area contributed by atoms with Gasteiger partial charge < -0.3 is 15.2 Å². The summed E-state index contributed by atoms with van der Waals surface area (Å²) in [6.07, 6.45) is -0.169. The van der Waals surface area contributed by atoms with Gasteiger partial charge in [0.25, 0.3) is 0 Å². The predicted octanol–water partition coefficient (Wildman–Crippen LogP) is 4.18. The van der Waals surface area contributed by atoms with Gasteiger partial charge in [-0.1, -0.05) is 28.1 Å². The Kier molecular flexibility index (Phi) is 5.44. The molecule has 0 radical (unpaired) electrons. The monoisotopic (exact) mass is 363 g/mol. The highest BCUT2D eigenvalue weighted by Crippen LogP contribution is 2.24. The fraction of sp³-hybridized carbons (Fsp3) is 0.235. The Morgan fingerprint density at radius 3 is 2.50 bits per heavy atom. The lowest BCUT2D eigenvalue weighted by Gasteiger charge is -2.12. The molecule has 0 saturated carbocycles. The fourth-order valence-electron chi connectivity index (χ4n) is 1.81. The zero-order valence-corrected chi connectivity index (χ0v) is 14.1. The zero-order chi connectivity index (χ0) is 16.1. The molecular formula is C17H18BrNO3. The van der Waals surface area contributed by atoms with Crippen molar-refractivity contribution in [1.82, 2.24) is 0 Å². The van der Waals surface area contributed by atoms with Crippen LogP contribution in [-0.2, 0) is 11.3 Å². The molecule has 2 aromatic rings. The van der Waals surface area contributed by atoms with Gasteiger partial charge in [0.1, 0.15) is 12.4 Å². The minimum atomic E-state index is -0.386. The van der Waals surface area contributed by atoms with Crippen molar-refractivity contribution in [2.75, 3.05) is 5.73 Å². The molecule has 22 heavy (non-hydrogen) atoms. The van der Waals surface area contributed by atoms with Gasteiger partial charge in [-0.25, -0.2) is 4.79 Å². The van der Waals surface area contributed by atoms with Crippen molar-refractivity contribution in [1.29, 1.82) is 0 Å². The van der Waals surface area contributed by atoms with Crippen LogP contribution in [-0.4, -0.2) is 12.1 Å². The summed E-state index contributed by atoms with van der Waals surface area (Å²) in [5, 5.41) is 0. The van der Waals surface area contributed by atoms with E-state index < -0.39 is 0 Å². The largest absolute Gasteiger partial charge is 0.487 e. The Morgan fingerprint density at radius 1 is 1.18 bits per heavy atom. The summed E-state index contributed by atoms with van der Waals surface area (Å²) in [5.41, 5.74) is 7.82. The Morgan fingerprint density at radius 2 is 1.86 bits per heavy atom. The first kappa shape index (κ1) is 16.4. The SMILES string of the molecule is CC(C)OC(=O)c1ccc(N)c(OCc2ccc(Br)cc2)c1. The highest BCUT2D eigenvalue weighted by Gasteiger charge is 2.12. The van der Waals surface area contributed by atoms with Gasteiger partial charge in [-0.05, 0) is 49.7 Å². The first-order valence-corrected chi connectivity index (χ1v) is 7.73. The van der Waals surface area contributed by atoms with Crippen LogP contribution in [0.5, 0.6) is 5.75 Å². The maximum absolute atomic E-state index is 11.9. The van der Waals surface area contributed by atoms with E-state index in [-0.39, 0.29) is 12.1 Å². The van der Waals surface area contributed by atoms with Crippen molar-refractivity contribution >= 4 is 27.6 Å². The number of ether oxygens (including phenoxy) is 2. The lowest BCUT2D eigenvalue weighted by atomic mass is 10.2. The second-order valence-electron chi connectivity index (χ2n) is 5.12. The number of benzene rings is 2. The van der Waals surface area contributed by atoms with Crippen LogP contribution in [0.15, 0.2) is 46.9 Å². The molecule has 0 atom stereocenters. The van der Waals surface area contributed by atoms with Gasteiger partial charge in [0.2, 0.25) is 0 Å². The molecule has 0 amide bonds. The predicted molar refractivity (Wildman–Crippen MR) is 89.9 cm³/mol. The molecule has 2 rings (SSSR count). The molecule has 4 nitrogen and oxygen atoms in total. The van der Waals surface area contributed by atoms with Crippen molar-refractivity contribution in [3.8, 4) is 5.75 Å². The van der Waals surface area contributed by atoms with Crippen molar-refractivity contribution in [3.63, 3.8) is 0 Å². The van der Waals surface area contributed by atoms with Gasteiger partial charge in [0.15, 0.2) is 0 Å². The average Bonchev–Trinajstić information content (AvgIpc) is 2.47. The normalized spacial score (nSPS) is 10.5. The lowest BCUT2D eigenvalue weighted by molar-refractivity contribution is 0.0377. The smallest absolute Gasteiger partial charge is 0.338 e. The molecule has 0 unspecified atom stereocenters. The van der Waals surface area contributed by atoms with Crippen LogP contribution in [0.1, 0.15) is 29.8 Å². The van der Waals surface area contributed by atoms with Crippen molar-refractivity contribution in [3.05, 3.63) is 58.1 Å². The van der Waals surface area contributed by atoms with E-state index >= 15 is 0 Å². The van der Waals surface area contributed by atoms with Crippen LogP contribution in [0.3, 0.4) is 0 Å². The number of rotatable bonds is 5. The van der Waals surface area contributed by atoms with Crippen molar-refractivity contribution in [2.24, 2.45) is 0 Å². The molecule has 2 N–H and O–H groups in total. The molecule has 0 aliphatic heterocycles. The van der Waals surface area contributed by atoms with Crippen LogP contribution in [0.25, 0.3) is 0 Å². The van der Waals surface area contributed by atoms with E-state index in [4.69, 9.17) is 15.2 Å². The Labute approximate surface area is 138 Å². The molecule has 0 fully saturated rings. The number of carbonyl (C=O) groups is 1. The maximum Gasteiger partial charge on any atom is 0.338 e. The number of anilines is 1.